The molecule has 0 aliphatic carbocycles. The molecular formula is C20H16N4O3. The number of fused-ring (bicyclic) bond motifs is 1. The molecule has 1 fully saturated rings. The number of imide groups is 1. The van der Waals surface area contributed by atoms with Crippen molar-refractivity contribution in [2.45, 2.75) is 13.3 Å². The minimum absolute atomic E-state index is 0.0409. The predicted octanol–water partition coefficient (Wildman–Crippen LogP) is 2.87. The van der Waals surface area contributed by atoms with Crippen molar-refractivity contribution in [1.29, 1.82) is 0 Å². The number of benzene rings is 1. The summed E-state index contributed by atoms with van der Waals surface area (Å²) in [5.74, 6) is -0.809. The van der Waals surface area contributed by atoms with Crippen LogP contribution < -0.4 is 10.2 Å². The molecule has 4 rings (SSSR count). The van der Waals surface area contributed by atoms with Crippen molar-refractivity contribution in [1.82, 2.24) is 9.97 Å². The van der Waals surface area contributed by atoms with Crippen LogP contribution in [-0.4, -0.2) is 27.7 Å². The van der Waals surface area contributed by atoms with Crippen molar-refractivity contribution in [3.63, 3.8) is 0 Å². The van der Waals surface area contributed by atoms with Gasteiger partial charge in [0.2, 0.25) is 11.8 Å². The fraction of sp³-hybridized carbons (Fsp3) is 0.100. The Kier molecular flexibility index (Phi) is 4.04. The third-order valence-corrected chi connectivity index (χ3v) is 4.33. The average Bonchev–Trinajstić information content (AvgIpc) is 3.17. The van der Waals surface area contributed by atoms with Gasteiger partial charge in [-0.25, -0.2) is 9.88 Å². The van der Waals surface area contributed by atoms with Crippen LogP contribution in [0, 0.1) is 0 Å². The van der Waals surface area contributed by atoms with Crippen LogP contribution >= 0.6 is 0 Å². The first-order valence-electron chi connectivity index (χ1n) is 8.40. The van der Waals surface area contributed by atoms with Gasteiger partial charge >= 0.3 is 0 Å². The molecule has 2 aromatic heterocycles. The molecule has 3 amide bonds. The highest BCUT2D eigenvalue weighted by atomic mass is 16.2. The lowest BCUT2D eigenvalue weighted by Crippen LogP contribution is -2.28. The molecule has 3 aromatic rings. The molecule has 0 radical (unpaired) electrons. The maximum Gasteiger partial charge on any atom is 0.261 e. The van der Waals surface area contributed by atoms with Gasteiger partial charge in [0, 0.05) is 41.5 Å². The second-order valence-electron chi connectivity index (χ2n) is 6.25. The van der Waals surface area contributed by atoms with Gasteiger partial charge in [0.25, 0.3) is 5.91 Å². The summed E-state index contributed by atoms with van der Waals surface area (Å²) in [5.41, 5.74) is 3.05. The van der Waals surface area contributed by atoms with Gasteiger partial charge in [-0.2, -0.15) is 0 Å². The minimum atomic E-state index is -0.342. The van der Waals surface area contributed by atoms with E-state index >= 15 is 0 Å². The predicted molar refractivity (Wildman–Crippen MR) is 102 cm³/mol. The number of anilines is 2. The summed E-state index contributed by atoms with van der Waals surface area (Å²) in [6, 6.07) is 10.3. The lowest BCUT2D eigenvalue weighted by molar-refractivity contribution is -0.120. The van der Waals surface area contributed by atoms with Gasteiger partial charge in [-0.15, -0.1) is 0 Å². The number of H-pyrrole nitrogens is 1. The zero-order valence-electron chi connectivity index (χ0n) is 14.5. The van der Waals surface area contributed by atoms with Crippen LogP contribution in [0.3, 0.4) is 0 Å². The number of rotatable bonds is 3. The first kappa shape index (κ1) is 16.7. The third-order valence-electron chi connectivity index (χ3n) is 4.33. The molecule has 2 N–H and O–H groups in total. The summed E-state index contributed by atoms with van der Waals surface area (Å²) in [6.45, 7) is 1.42. The zero-order chi connectivity index (χ0) is 19.0. The number of nitrogens with one attached hydrogen (secondary N) is 2. The van der Waals surface area contributed by atoms with E-state index in [0.717, 1.165) is 21.5 Å². The van der Waals surface area contributed by atoms with E-state index in [1.165, 1.54) is 6.92 Å². The Morgan fingerprint density at radius 1 is 1.22 bits per heavy atom. The summed E-state index contributed by atoms with van der Waals surface area (Å²) in [4.78, 5) is 44.7. The molecule has 0 unspecified atom stereocenters. The third kappa shape index (κ3) is 3.10. The quantitative estimate of drug-likeness (QED) is 0.555. The summed E-state index contributed by atoms with van der Waals surface area (Å²) in [5, 5.41) is 3.54. The Bertz CT molecular complexity index is 1100. The number of nitrogens with zero attached hydrogens (tertiary/aromatic N) is 2. The highest BCUT2D eigenvalue weighted by Gasteiger charge is 2.35. The minimum Gasteiger partial charge on any atom is -0.346 e. The molecule has 1 aromatic carbocycles. The molecule has 1 saturated heterocycles. The Morgan fingerprint density at radius 2 is 2.00 bits per heavy atom. The number of carbonyl (C=O) groups is 3. The van der Waals surface area contributed by atoms with E-state index in [9.17, 15) is 14.4 Å². The molecule has 134 valence electrons. The van der Waals surface area contributed by atoms with Crippen molar-refractivity contribution in [3.8, 4) is 0 Å². The summed E-state index contributed by atoms with van der Waals surface area (Å²) in [6.07, 6.45) is 5.23. The molecule has 27 heavy (non-hydrogen) atoms. The molecular weight excluding hydrogens is 344 g/mol. The normalized spacial score (nSPS) is 15.7. The topological polar surface area (TPSA) is 95.2 Å². The number of hydrogen-bond donors (Lipinski definition) is 2. The van der Waals surface area contributed by atoms with E-state index < -0.39 is 0 Å². The zero-order valence-corrected chi connectivity index (χ0v) is 14.5. The van der Waals surface area contributed by atoms with Crippen LogP contribution in [0.2, 0.25) is 0 Å². The van der Waals surface area contributed by atoms with Crippen molar-refractivity contribution in [3.05, 3.63) is 59.9 Å². The molecule has 1 aliphatic rings. The van der Waals surface area contributed by atoms with Crippen molar-refractivity contribution in [2.24, 2.45) is 0 Å². The van der Waals surface area contributed by atoms with Gasteiger partial charge < -0.3 is 10.3 Å². The lowest BCUT2D eigenvalue weighted by Gasteiger charge is -2.14. The van der Waals surface area contributed by atoms with Crippen LogP contribution in [0.1, 0.15) is 18.9 Å². The van der Waals surface area contributed by atoms with Crippen molar-refractivity contribution >= 4 is 46.2 Å². The summed E-state index contributed by atoms with van der Waals surface area (Å²) in [7, 11) is 0. The number of aromatic nitrogens is 2. The lowest BCUT2D eigenvalue weighted by atomic mass is 10.1. The standard InChI is InChI=1S/C20H16N4O3/c1-12(25)23-15-4-6-16(7-5-15)24-18(26)10-13(20(24)27)9-14-11-22-19-17(14)3-2-8-21-19/h2-9,11H,10H2,1H3,(H,21,22)(H,23,25)/b13-9-. The fourth-order valence-corrected chi connectivity index (χ4v) is 3.13. The van der Waals surface area contributed by atoms with E-state index in [1.54, 1.807) is 42.7 Å². The fourth-order valence-electron chi connectivity index (χ4n) is 3.13. The molecule has 0 bridgehead atoms. The van der Waals surface area contributed by atoms with E-state index in [2.05, 4.69) is 15.3 Å². The van der Waals surface area contributed by atoms with E-state index in [-0.39, 0.29) is 24.1 Å². The second kappa shape index (κ2) is 6.53. The maximum atomic E-state index is 12.8. The highest BCUT2D eigenvalue weighted by molar-refractivity contribution is 6.29. The van der Waals surface area contributed by atoms with Crippen LogP contribution in [0.25, 0.3) is 17.1 Å². The summed E-state index contributed by atoms with van der Waals surface area (Å²) >= 11 is 0. The largest absolute Gasteiger partial charge is 0.346 e. The Morgan fingerprint density at radius 3 is 2.74 bits per heavy atom. The summed E-state index contributed by atoms with van der Waals surface area (Å²) < 4.78 is 0. The first-order valence-corrected chi connectivity index (χ1v) is 8.40. The van der Waals surface area contributed by atoms with Gasteiger partial charge in [0.1, 0.15) is 5.65 Å². The Hall–Kier alpha value is -3.74. The molecule has 7 nitrogen and oxygen atoms in total. The first-order chi connectivity index (χ1) is 13.0. The second-order valence-corrected chi connectivity index (χ2v) is 6.25. The van der Waals surface area contributed by atoms with Crippen molar-refractivity contribution < 1.29 is 14.4 Å². The van der Waals surface area contributed by atoms with Crippen LogP contribution in [-0.2, 0) is 14.4 Å². The SMILES string of the molecule is CC(=O)Nc1ccc(N2C(=O)C/C(=C/c3c[nH]c4ncccc34)C2=O)cc1. The molecule has 0 saturated carbocycles. The van der Waals surface area contributed by atoms with Crippen molar-refractivity contribution in [2.75, 3.05) is 10.2 Å². The monoisotopic (exact) mass is 360 g/mol. The molecule has 0 atom stereocenters. The van der Waals surface area contributed by atoms with Gasteiger partial charge in [-0.3, -0.25) is 14.4 Å². The maximum absolute atomic E-state index is 12.8. The van der Waals surface area contributed by atoms with Gasteiger partial charge in [0.05, 0.1) is 12.1 Å². The van der Waals surface area contributed by atoms with Gasteiger partial charge in [0.15, 0.2) is 0 Å². The number of aromatic amines is 1. The molecule has 7 heteroatoms. The van der Waals surface area contributed by atoms with E-state index in [4.69, 9.17) is 0 Å². The number of amides is 3. The van der Waals surface area contributed by atoms with Crippen LogP contribution in [0.15, 0.2) is 54.4 Å². The van der Waals surface area contributed by atoms with Gasteiger partial charge in [-0.05, 0) is 42.5 Å². The molecule has 0 spiro atoms. The number of carbonyl (C=O) groups excluding carboxylic acids is 3. The smallest absolute Gasteiger partial charge is 0.261 e. The number of hydrogen-bond acceptors (Lipinski definition) is 4. The number of pyridine rings is 1. The molecule has 3 heterocycles. The van der Waals surface area contributed by atoms with Gasteiger partial charge in [-0.1, -0.05) is 0 Å². The van der Waals surface area contributed by atoms with E-state index in [0.29, 0.717) is 16.9 Å². The van der Waals surface area contributed by atoms with Crippen LogP contribution in [0.5, 0.6) is 0 Å². The highest BCUT2D eigenvalue weighted by Crippen LogP contribution is 2.29. The Balaban J connectivity index is 1.63. The Labute approximate surface area is 154 Å². The molecule has 1 aliphatic heterocycles. The average molecular weight is 360 g/mol. The van der Waals surface area contributed by atoms with Crippen LogP contribution in [0.4, 0.5) is 11.4 Å². The van der Waals surface area contributed by atoms with E-state index in [1.807, 2.05) is 12.1 Å².